The molecule has 0 aromatic rings. The molecule has 3 atom stereocenters. The first kappa shape index (κ1) is 75.3. The van der Waals surface area contributed by atoms with E-state index in [1.807, 2.05) is 0 Å². The fraction of sp³-hybridized carbons (Fsp3) is 0.803. The lowest BCUT2D eigenvalue weighted by molar-refractivity contribution is -0.146. The molecule has 2 rings (SSSR count). The number of nitrogens with one attached hydrogen (secondary N) is 6. The Kier molecular flexibility index (Phi) is 41.9. The number of nitrogens with zero attached hydrogens (tertiary/aromatic N) is 2. The number of hydrogen-bond acceptors (Lipinski definition) is 14. The number of unbranched alkanes of at least 4 members (excludes halogenated alkanes) is 22. The molecular weight excluding hydrogens is 1120 g/mol. The van der Waals surface area contributed by atoms with Crippen molar-refractivity contribution >= 4 is 82.7 Å². The third-order valence-corrected chi connectivity index (χ3v) is 16.8. The lowest BCUT2D eigenvalue weighted by Gasteiger charge is -2.21. The summed E-state index contributed by atoms with van der Waals surface area (Å²) in [7, 11) is 0. The first-order valence-electron chi connectivity index (χ1n) is 31.8. The van der Waals surface area contributed by atoms with E-state index < -0.39 is 117 Å². The molecule has 0 aromatic carbocycles. The van der Waals surface area contributed by atoms with Gasteiger partial charge in [-0.25, -0.2) is 4.79 Å². The van der Waals surface area contributed by atoms with Crippen LogP contribution >= 0.6 is 11.8 Å². The van der Waals surface area contributed by atoms with Crippen LogP contribution in [0.1, 0.15) is 226 Å². The number of carbonyl (C=O) groups excluding carboxylic acids is 10. The van der Waals surface area contributed by atoms with Crippen LogP contribution in [0.5, 0.6) is 0 Å². The number of Topliss-reactive ketones (excluding diaryl/α,β-unsaturated/α-hetero) is 2. The number of ketones is 2. The molecule has 2 aliphatic heterocycles. The second kappa shape index (κ2) is 47.4. The van der Waals surface area contributed by atoms with Crippen LogP contribution in [0.3, 0.4) is 0 Å². The Morgan fingerprint density at radius 2 is 0.894 bits per heavy atom. The van der Waals surface area contributed by atoms with Gasteiger partial charge in [-0.15, -0.1) is 0 Å². The summed E-state index contributed by atoms with van der Waals surface area (Å²) in [5, 5.41) is 33.9. The molecule has 2 heterocycles. The summed E-state index contributed by atoms with van der Waals surface area (Å²) in [6, 6.07) is -0.349. The van der Waals surface area contributed by atoms with Crippen LogP contribution in [0.25, 0.3) is 0 Å². The van der Waals surface area contributed by atoms with E-state index in [0.717, 1.165) is 44.3 Å². The minimum Gasteiger partial charge on any atom is -0.480 e. The molecule has 8 amide bonds. The van der Waals surface area contributed by atoms with Crippen molar-refractivity contribution in [3.8, 4) is 0 Å². The highest BCUT2D eigenvalue weighted by molar-refractivity contribution is 8.00. The van der Waals surface area contributed by atoms with Crippen LogP contribution in [0.2, 0.25) is 0 Å². The zero-order chi connectivity index (χ0) is 62.5. The van der Waals surface area contributed by atoms with Gasteiger partial charge >= 0.3 is 23.9 Å². The fourth-order valence-electron chi connectivity index (χ4n) is 10.4. The average molecular weight is 1220 g/mol. The zero-order valence-electron chi connectivity index (χ0n) is 51.2. The molecule has 2 aliphatic rings. The smallest absolute Gasteiger partial charge is 0.323 e. The average Bonchev–Trinajstić information content (AvgIpc) is 4.02. The number of carboxylic acids is 2. The molecule has 0 aromatic heterocycles. The van der Waals surface area contributed by atoms with E-state index in [-0.39, 0.29) is 67.8 Å². The Hall–Kier alpha value is -5.81. The minimum atomic E-state index is -1.45. The third-order valence-electron chi connectivity index (χ3n) is 15.3. The van der Waals surface area contributed by atoms with Crippen LogP contribution < -0.4 is 31.9 Å². The van der Waals surface area contributed by atoms with Crippen LogP contribution in [-0.2, 0) is 57.5 Å². The summed E-state index contributed by atoms with van der Waals surface area (Å²) >= 11 is 1.63. The molecule has 484 valence electrons. The number of carbonyl (C=O) groups is 12. The van der Waals surface area contributed by atoms with Crippen molar-refractivity contribution in [2.24, 2.45) is 5.92 Å². The molecule has 0 spiro atoms. The van der Waals surface area contributed by atoms with Gasteiger partial charge in [0.05, 0.1) is 64.4 Å². The quantitative estimate of drug-likeness (QED) is 0.0179. The van der Waals surface area contributed by atoms with Crippen molar-refractivity contribution in [2.45, 2.75) is 243 Å². The Labute approximate surface area is 508 Å². The first-order valence-corrected chi connectivity index (χ1v) is 32.9. The number of aliphatic carboxylic acids is 2. The van der Waals surface area contributed by atoms with Crippen molar-refractivity contribution in [1.82, 2.24) is 41.7 Å². The highest BCUT2D eigenvalue weighted by atomic mass is 32.2. The summed E-state index contributed by atoms with van der Waals surface area (Å²) in [4.78, 5) is 150. The van der Waals surface area contributed by atoms with E-state index in [4.69, 9.17) is 4.74 Å². The normalized spacial score (nSPS) is 15.0. The fourth-order valence-corrected chi connectivity index (χ4v) is 11.9. The molecule has 0 aliphatic carbocycles. The number of rotatable bonds is 54. The van der Waals surface area contributed by atoms with Crippen molar-refractivity contribution < 1.29 is 72.5 Å². The number of thioether (sulfide) groups is 1. The van der Waals surface area contributed by atoms with E-state index in [2.05, 4.69) is 45.7 Å². The molecule has 0 unspecified atom stereocenters. The summed E-state index contributed by atoms with van der Waals surface area (Å²) in [6.45, 7) is -0.715. The number of esters is 1. The monoisotopic (exact) mass is 1220 g/mol. The molecule has 2 fully saturated rings. The van der Waals surface area contributed by atoms with E-state index >= 15 is 0 Å². The second-order valence-corrected chi connectivity index (χ2v) is 24.2. The van der Waals surface area contributed by atoms with Crippen molar-refractivity contribution in [2.75, 3.05) is 64.7 Å². The predicted octanol–water partition coefficient (Wildman–Crippen LogP) is 6.65. The van der Waals surface area contributed by atoms with Crippen molar-refractivity contribution in [3.05, 3.63) is 0 Å². The molecule has 8 N–H and O–H groups in total. The SMILES string of the molecule is CCCCCCCCCCCCCCC(CCCCCCCCCCCCCC)COC(=O)CCC(=O)NCC(=O)NCC(=O)N(CC(=O)O)CC(=O)CCCC(=O)CN(CC(=O)O)C(=O)CNC(=O)CNC(=O)CC[C@@H]1SC[C@@H]2NC(=O)N[C@@H]21. The lowest BCUT2D eigenvalue weighted by Crippen LogP contribution is -2.46. The van der Waals surface area contributed by atoms with Gasteiger partial charge < -0.3 is 56.7 Å². The minimum absolute atomic E-state index is 0.00667. The molecule has 0 bridgehead atoms. The van der Waals surface area contributed by atoms with E-state index in [9.17, 15) is 67.7 Å². The summed E-state index contributed by atoms with van der Waals surface area (Å²) < 4.78 is 5.67. The van der Waals surface area contributed by atoms with Crippen LogP contribution in [0.15, 0.2) is 0 Å². The van der Waals surface area contributed by atoms with Crippen LogP contribution in [-0.4, -0.2) is 173 Å². The Balaban J connectivity index is 1.70. The van der Waals surface area contributed by atoms with Gasteiger partial charge in [-0.1, -0.05) is 168 Å². The van der Waals surface area contributed by atoms with E-state index in [0.29, 0.717) is 22.8 Å². The van der Waals surface area contributed by atoms with Gasteiger partial charge in [-0.05, 0) is 31.6 Å². The molecule has 0 radical (unpaired) electrons. The highest BCUT2D eigenvalue weighted by Crippen LogP contribution is 2.32. The first-order chi connectivity index (χ1) is 40.9. The largest absolute Gasteiger partial charge is 0.480 e. The van der Waals surface area contributed by atoms with Gasteiger partial charge in [0.1, 0.15) is 13.1 Å². The lowest BCUT2D eigenvalue weighted by atomic mass is 9.94. The van der Waals surface area contributed by atoms with Gasteiger partial charge in [0, 0.05) is 36.7 Å². The van der Waals surface area contributed by atoms with Crippen LogP contribution in [0, 0.1) is 5.92 Å². The Bertz CT molecular complexity index is 2040. The number of fused-ring (bicyclic) bond motifs is 1. The Morgan fingerprint density at radius 1 is 0.494 bits per heavy atom. The summed E-state index contributed by atoms with van der Waals surface area (Å²) in [6.07, 6.45) is 31.9. The maximum absolute atomic E-state index is 13.0. The molecular formula is C61H104N8O15S. The van der Waals surface area contributed by atoms with Crippen LogP contribution in [0.4, 0.5) is 4.79 Å². The maximum atomic E-state index is 13.0. The Morgan fingerprint density at radius 3 is 1.32 bits per heavy atom. The van der Waals surface area contributed by atoms with E-state index in [1.54, 1.807) is 11.8 Å². The number of carboxylic acid groups (broad SMARTS) is 2. The van der Waals surface area contributed by atoms with Gasteiger partial charge in [-0.2, -0.15) is 11.8 Å². The number of urea groups is 1. The molecule has 24 heteroatoms. The number of amides is 8. The summed E-state index contributed by atoms with van der Waals surface area (Å²) in [5.74, 6) is -8.03. The van der Waals surface area contributed by atoms with Gasteiger partial charge in [-0.3, -0.25) is 52.7 Å². The molecule has 23 nitrogen and oxygen atoms in total. The number of hydrogen-bond donors (Lipinski definition) is 8. The van der Waals surface area contributed by atoms with Gasteiger partial charge in [0.15, 0.2) is 11.6 Å². The standard InChI is InChI=1S/C61H104N8O15S/c1-3-5-7-9-11-13-15-17-19-21-23-25-28-46(29-26-24-22-20-18-16-14-12-10-8-6-4-2)44-84-59(82)35-34-52(73)63-37-54(75)65-39-56(77)69(43-58(80)81)41-48(71)31-27-30-47(70)40-68(42-57(78)79)55(76)38-64-53(74)36-62-51(72)33-32-50-60-49(45-85-50)66-61(83)67-60/h46,49-50,60H,3-45H2,1-2H3,(H,62,72)(H,63,73)(H,64,74)(H,65,75)(H,78,79)(H,80,81)(H2,66,67,83)/t49-,50-,60-/m0/s1. The maximum Gasteiger partial charge on any atom is 0.323 e. The topological polar surface area (TPSA) is 333 Å². The van der Waals surface area contributed by atoms with Crippen molar-refractivity contribution in [1.29, 1.82) is 0 Å². The summed E-state index contributed by atoms with van der Waals surface area (Å²) in [5.41, 5.74) is 0. The highest BCUT2D eigenvalue weighted by Gasteiger charge is 2.43. The van der Waals surface area contributed by atoms with E-state index in [1.165, 1.54) is 128 Å². The molecule has 2 saturated heterocycles. The van der Waals surface area contributed by atoms with Gasteiger partial charge in [0.25, 0.3) is 0 Å². The second-order valence-electron chi connectivity index (χ2n) is 22.9. The van der Waals surface area contributed by atoms with Crippen molar-refractivity contribution in [3.63, 3.8) is 0 Å². The molecule has 85 heavy (non-hydrogen) atoms. The number of ether oxygens (including phenoxy) is 1. The zero-order valence-corrected chi connectivity index (χ0v) is 52.0. The molecule has 0 saturated carbocycles. The third kappa shape index (κ3) is 38.8. The predicted molar refractivity (Wildman–Crippen MR) is 324 cm³/mol. The van der Waals surface area contributed by atoms with Gasteiger partial charge in [0.2, 0.25) is 35.4 Å².